The fraction of sp³-hybridized carbons (Fsp3) is 0.952. The molecule has 0 saturated heterocycles. The summed E-state index contributed by atoms with van der Waals surface area (Å²) in [6.07, 6.45) is 69.7. The minimum atomic E-state index is -4.96. The van der Waals surface area contributed by atoms with Gasteiger partial charge in [0.05, 0.1) is 26.4 Å². The van der Waals surface area contributed by atoms with Crippen molar-refractivity contribution in [2.24, 2.45) is 5.92 Å². The Hall–Kier alpha value is -1.94. The molecule has 0 aliphatic carbocycles. The SMILES string of the molecule is CCCCCCCCCCCCCCCCCCCCCCCC(=O)OC[C@H](COP(=O)(O)OC[C@@H](O)COP(=O)(O)OC[C@@H](COC(=O)CCCCCCCCC(C)CC)OC(=O)CCCCCCCCCCCCC)OC(=O)CCCCCCCCCCCCCCCCCCCCCCC. The number of hydrogen-bond donors (Lipinski definition) is 3. The normalized spacial score (nSPS) is 14.1. The zero-order valence-electron chi connectivity index (χ0n) is 67.5. The van der Waals surface area contributed by atoms with Gasteiger partial charge < -0.3 is 33.8 Å². The van der Waals surface area contributed by atoms with Gasteiger partial charge in [-0.3, -0.25) is 37.3 Å². The smallest absolute Gasteiger partial charge is 0.462 e. The average Bonchev–Trinajstić information content (AvgIpc) is 0.977. The van der Waals surface area contributed by atoms with Crippen LogP contribution in [0.3, 0.4) is 0 Å². The van der Waals surface area contributed by atoms with Gasteiger partial charge in [-0.2, -0.15) is 0 Å². The number of aliphatic hydroxyl groups excluding tert-OH is 1. The third-order valence-electron chi connectivity index (χ3n) is 20.1. The molecule has 0 radical (unpaired) electrons. The van der Waals surface area contributed by atoms with Crippen molar-refractivity contribution < 1.29 is 80.2 Å². The molecule has 0 bridgehead atoms. The van der Waals surface area contributed by atoms with E-state index in [9.17, 15) is 43.2 Å². The van der Waals surface area contributed by atoms with E-state index in [1.54, 1.807) is 0 Å². The average molecular weight is 1510 g/mol. The Labute approximate surface area is 632 Å². The summed E-state index contributed by atoms with van der Waals surface area (Å²) in [6.45, 7) is 7.29. The first kappa shape index (κ1) is 101. The molecule has 0 aliphatic heterocycles. The Balaban J connectivity index is 5.18. The Kier molecular flexibility index (Phi) is 75.4. The van der Waals surface area contributed by atoms with Gasteiger partial charge in [0, 0.05) is 25.7 Å². The van der Waals surface area contributed by atoms with E-state index in [2.05, 4.69) is 34.6 Å². The molecule has 0 saturated carbocycles. The molecule has 612 valence electrons. The minimum absolute atomic E-state index is 0.107. The van der Waals surface area contributed by atoms with Crippen LogP contribution in [0.4, 0.5) is 0 Å². The van der Waals surface area contributed by atoms with Crippen LogP contribution >= 0.6 is 15.6 Å². The highest BCUT2D eigenvalue weighted by molar-refractivity contribution is 7.47. The van der Waals surface area contributed by atoms with Crippen molar-refractivity contribution in [3.05, 3.63) is 0 Å². The van der Waals surface area contributed by atoms with Crippen LogP contribution in [0.25, 0.3) is 0 Å². The largest absolute Gasteiger partial charge is 0.472 e. The maximum absolute atomic E-state index is 13.1. The first-order chi connectivity index (χ1) is 50.1. The molecule has 0 aromatic carbocycles. The van der Waals surface area contributed by atoms with Crippen LogP contribution in [-0.2, 0) is 65.4 Å². The molecule has 0 aliphatic rings. The number of unbranched alkanes of at least 4 members (excludes halogenated alkanes) is 55. The Morgan fingerprint density at radius 2 is 0.466 bits per heavy atom. The van der Waals surface area contributed by atoms with Crippen molar-refractivity contribution in [2.45, 2.75) is 470 Å². The van der Waals surface area contributed by atoms with Gasteiger partial charge in [-0.15, -0.1) is 0 Å². The summed E-state index contributed by atoms with van der Waals surface area (Å²) in [7, 11) is -9.92. The highest BCUT2D eigenvalue weighted by atomic mass is 31.2. The summed E-state index contributed by atoms with van der Waals surface area (Å²) in [4.78, 5) is 73.0. The van der Waals surface area contributed by atoms with E-state index < -0.39 is 97.5 Å². The number of carbonyl (C=O) groups excluding carboxylic acids is 4. The lowest BCUT2D eigenvalue weighted by Crippen LogP contribution is -2.30. The first-order valence-corrected chi connectivity index (χ1v) is 46.7. The second-order valence-corrected chi connectivity index (χ2v) is 33.4. The van der Waals surface area contributed by atoms with Gasteiger partial charge in [0.25, 0.3) is 0 Å². The van der Waals surface area contributed by atoms with Gasteiger partial charge in [0.1, 0.15) is 19.3 Å². The van der Waals surface area contributed by atoms with Crippen LogP contribution in [0.15, 0.2) is 0 Å². The molecule has 3 N–H and O–H groups in total. The number of phosphoric ester groups is 2. The molecule has 103 heavy (non-hydrogen) atoms. The third-order valence-corrected chi connectivity index (χ3v) is 22.0. The number of phosphoric acid groups is 2. The first-order valence-electron chi connectivity index (χ1n) is 43.7. The van der Waals surface area contributed by atoms with Crippen LogP contribution in [-0.4, -0.2) is 96.7 Å². The Bertz CT molecular complexity index is 1960. The summed E-state index contributed by atoms with van der Waals surface area (Å²) in [5, 5.41) is 10.6. The number of ether oxygens (including phenoxy) is 4. The molecular formula is C84H164O17P2. The van der Waals surface area contributed by atoms with Crippen LogP contribution in [0.5, 0.6) is 0 Å². The summed E-state index contributed by atoms with van der Waals surface area (Å²) < 4.78 is 68.7. The Morgan fingerprint density at radius 3 is 0.689 bits per heavy atom. The van der Waals surface area contributed by atoms with Crippen molar-refractivity contribution >= 4 is 39.5 Å². The van der Waals surface area contributed by atoms with E-state index in [1.165, 1.54) is 270 Å². The second-order valence-electron chi connectivity index (χ2n) is 30.5. The lowest BCUT2D eigenvalue weighted by molar-refractivity contribution is -0.161. The van der Waals surface area contributed by atoms with E-state index in [0.717, 1.165) is 102 Å². The number of hydrogen-bond acceptors (Lipinski definition) is 15. The number of carbonyl (C=O) groups is 4. The van der Waals surface area contributed by atoms with Gasteiger partial charge in [0.15, 0.2) is 12.2 Å². The molecule has 0 spiro atoms. The standard InChI is InChI=1S/C84H164O17P2/c1-6-10-13-16-19-22-25-27-29-31-33-35-37-39-41-43-46-48-51-57-62-67-81(86)94-73-79(100-84(89)70-65-60-53-50-47-44-42-40-38-36-34-32-30-28-26-23-20-17-14-11-7-2)75-98-102(90,91)96-71-78(85)72-97-103(92,93)99-76-80(74-95-82(87)68-63-58-55-54-56-61-66-77(5)9-4)101-83(88)69-64-59-52-49-45-24-21-18-15-12-8-3/h77-80,85H,6-76H2,1-5H3,(H,90,91)(H,92,93)/t77?,78-,79-,80-/m1/s1. The number of aliphatic hydroxyl groups is 1. The molecule has 6 atom stereocenters. The van der Waals surface area contributed by atoms with Gasteiger partial charge in [0.2, 0.25) is 0 Å². The Morgan fingerprint density at radius 1 is 0.272 bits per heavy atom. The summed E-state index contributed by atoms with van der Waals surface area (Å²) in [5.74, 6) is -1.38. The zero-order valence-corrected chi connectivity index (χ0v) is 69.3. The van der Waals surface area contributed by atoms with E-state index in [1.807, 2.05) is 0 Å². The quantitative estimate of drug-likeness (QED) is 0.0222. The molecule has 0 aromatic rings. The van der Waals surface area contributed by atoms with E-state index in [-0.39, 0.29) is 25.7 Å². The van der Waals surface area contributed by atoms with Crippen LogP contribution < -0.4 is 0 Å². The van der Waals surface area contributed by atoms with Gasteiger partial charge in [-0.05, 0) is 31.6 Å². The molecule has 17 nitrogen and oxygen atoms in total. The van der Waals surface area contributed by atoms with E-state index >= 15 is 0 Å². The summed E-state index contributed by atoms with van der Waals surface area (Å²) in [6, 6.07) is 0. The maximum Gasteiger partial charge on any atom is 0.472 e. The minimum Gasteiger partial charge on any atom is -0.462 e. The zero-order chi connectivity index (χ0) is 75.5. The predicted molar refractivity (Wildman–Crippen MR) is 423 cm³/mol. The number of esters is 4. The van der Waals surface area contributed by atoms with Crippen molar-refractivity contribution in [3.63, 3.8) is 0 Å². The highest BCUT2D eigenvalue weighted by Crippen LogP contribution is 2.45. The van der Waals surface area contributed by atoms with Gasteiger partial charge >= 0.3 is 39.5 Å². The second kappa shape index (κ2) is 76.8. The molecule has 0 fully saturated rings. The predicted octanol–water partition coefficient (Wildman–Crippen LogP) is 25.6. The van der Waals surface area contributed by atoms with E-state index in [0.29, 0.717) is 25.7 Å². The van der Waals surface area contributed by atoms with Crippen LogP contribution in [0.1, 0.15) is 452 Å². The van der Waals surface area contributed by atoms with Crippen molar-refractivity contribution in [2.75, 3.05) is 39.6 Å². The van der Waals surface area contributed by atoms with Gasteiger partial charge in [-0.1, -0.05) is 401 Å². The van der Waals surface area contributed by atoms with E-state index in [4.69, 9.17) is 37.0 Å². The number of rotatable bonds is 84. The van der Waals surface area contributed by atoms with Crippen molar-refractivity contribution in [1.29, 1.82) is 0 Å². The van der Waals surface area contributed by atoms with Crippen LogP contribution in [0.2, 0.25) is 0 Å². The lowest BCUT2D eigenvalue weighted by atomic mass is 10.00. The topological polar surface area (TPSA) is 237 Å². The summed E-state index contributed by atoms with van der Waals surface area (Å²) >= 11 is 0. The van der Waals surface area contributed by atoms with Crippen LogP contribution in [0, 0.1) is 5.92 Å². The lowest BCUT2D eigenvalue weighted by Gasteiger charge is -2.21. The van der Waals surface area contributed by atoms with Crippen molar-refractivity contribution in [3.8, 4) is 0 Å². The molecular weight excluding hydrogens is 1340 g/mol. The molecule has 0 amide bonds. The molecule has 3 unspecified atom stereocenters. The summed E-state index contributed by atoms with van der Waals surface area (Å²) in [5.41, 5.74) is 0. The molecule has 0 rings (SSSR count). The maximum atomic E-state index is 13.1. The fourth-order valence-corrected chi connectivity index (χ4v) is 14.7. The van der Waals surface area contributed by atoms with Crippen molar-refractivity contribution in [1.82, 2.24) is 0 Å². The molecule has 19 heteroatoms. The monoisotopic (exact) mass is 1510 g/mol. The molecule has 0 heterocycles. The highest BCUT2D eigenvalue weighted by Gasteiger charge is 2.30. The molecule has 0 aromatic heterocycles. The van der Waals surface area contributed by atoms with Gasteiger partial charge in [-0.25, -0.2) is 9.13 Å². The fourth-order valence-electron chi connectivity index (χ4n) is 13.1. The third kappa shape index (κ3) is 76.6.